The lowest BCUT2D eigenvalue weighted by molar-refractivity contribution is -0.117. The van der Waals surface area contributed by atoms with Crippen molar-refractivity contribution >= 4 is 23.4 Å². The number of rotatable bonds is 3. The van der Waals surface area contributed by atoms with E-state index in [4.69, 9.17) is 4.74 Å². The van der Waals surface area contributed by atoms with Crippen molar-refractivity contribution in [3.63, 3.8) is 0 Å². The highest BCUT2D eigenvalue weighted by molar-refractivity contribution is 8.01. The van der Waals surface area contributed by atoms with Gasteiger partial charge in [0.05, 0.1) is 12.8 Å². The first-order chi connectivity index (χ1) is 10.2. The standard InChI is InChI=1S/C16H15NO3S.H2O/c1-20-11-8-6-10(7-9-11)14(18)15-16(19)17-12-4-2-3-5-13(12)21-15;/h2-9,14-15,18H,1H3,(H,17,19);1H2/t14-,15-;/m0./s1. The Morgan fingerprint density at radius 3 is 2.55 bits per heavy atom. The Balaban J connectivity index is 0.00000176. The fourth-order valence-corrected chi connectivity index (χ4v) is 3.38. The summed E-state index contributed by atoms with van der Waals surface area (Å²) >= 11 is 1.38. The van der Waals surface area contributed by atoms with Gasteiger partial charge in [0.15, 0.2) is 0 Å². The number of hydrogen-bond acceptors (Lipinski definition) is 4. The number of para-hydroxylation sites is 1. The summed E-state index contributed by atoms with van der Waals surface area (Å²) in [7, 11) is 1.59. The average Bonchev–Trinajstić information content (AvgIpc) is 2.53. The second kappa shape index (κ2) is 6.83. The van der Waals surface area contributed by atoms with Gasteiger partial charge in [-0.3, -0.25) is 4.79 Å². The third-order valence-corrected chi connectivity index (χ3v) is 4.74. The number of nitrogens with one attached hydrogen (secondary N) is 1. The van der Waals surface area contributed by atoms with Crippen molar-refractivity contribution in [3.8, 4) is 5.75 Å². The quantitative estimate of drug-likeness (QED) is 0.905. The van der Waals surface area contributed by atoms with Crippen molar-refractivity contribution in [2.45, 2.75) is 16.2 Å². The zero-order valence-electron chi connectivity index (χ0n) is 11.9. The van der Waals surface area contributed by atoms with E-state index in [1.54, 1.807) is 31.4 Å². The van der Waals surface area contributed by atoms with E-state index >= 15 is 0 Å². The van der Waals surface area contributed by atoms with Gasteiger partial charge in [0.2, 0.25) is 5.91 Å². The topological polar surface area (TPSA) is 90.1 Å². The van der Waals surface area contributed by atoms with Gasteiger partial charge < -0.3 is 20.6 Å². The summed E-state index contributed by atoms with van der Waals surface area (Å²) in [4.78, 5) is 13.1. The molecule has 1 heterocycles. The monoisotopic (exact) mass is 319 g/mol. The first-order valence-electron chi connectivity index (χ1n) is 6.57. The van der Waals surface area contributed by atoms with Crippen LogP contribution < -0.4 is 10.1 Å². The number of benzene rings is 2. The van der Waals surface area contributed by atoms with E-state index in [9.17, 15) is 9.90 Å². The summed E-state index contributed by atoms with van der Waals surface area (Å²) < 4.78 is 5.10. The molecule has 0 spiro atoms. The van der Waals surface area contributed by atoms with Crippen LogP contribution >= 0.6 is 11.8 Å². The second-order valence-electron chi connectivity index (χ2n) is 4.74. The highest BCUT2D eigenvalue weighted by atomic mass is 32.2. The van der Waals surface area contributed by atoms with Crippen LogP contribution in [0.1, 0.15) is 11.7 Å². The maximum absolute atomic E-state index is 12.2. The van der Waals surface area contributed by atoms with Crippen LogP contribution in [0.25, 0.3) is 0 Å². The number of anilines is 1. The molecule has 3 rings (SSSR count). The summed E-state index contributed by atoms with van der Waals surface area (Å²) in [5.41, 5.74) is 1.49. The smallest absolute Gasteiger partial charge is 0.240 e. The fraction of sp³-hybridized carbons (Fsp3) is 0.188. The number of thioether (sulfide) groups is 1. The molecule has 1 aliphatic rings. The molecule has 0 aromatic heterocycles. The Labute approximate surface area is 132 Å². The molecule has 5 nitrogen and oxygen atoms in total. The Kier molecular flexibility index (Phi) is 5.07. The Bertz CT molecular complexity index is 659. The lowest BCUT2D eigenvalue weighted by Gasteiger charge is -2.27. The highest BCUT2D eigenvalue weighted by Gasteiger charge is 2.33. The minimum absolute atomic E-state index is 0. The highest BCUT2D eigenvalue weighted by Crippen LogP contribution is 2.40. The number of aliphatic hydroxyl groups is 1. The van der Waals surface area contributed by atoms with Gasteiger partial charge >= 0.3 is 0 Å². The normalized spacial score (nSPS) is 17.7. The predicted octanol–water partition coefficient (Wildman–Crippen LogP) is 2.02. The Hall–Kier alpha value is -2.02. The molecule has 0 saturated carbocycles. The third-order valence-electron chi connectivity index (χ3n) is 3.40. The number of amides is 1. The van der Waals surface area contributed by atoms with E-state index in [0.29, 0.717) is 5.56 Å². The third kappa shape index (κ3) is 3.09. The number of ether oxygens (including phenoxy) is 1. The van der Waals surface area contributed by atoms with E-state index in [1.165, 1.54) is 11.8 Å². The molecule has 0 saturated heterocycles. The molecule has 6 heteroatoms. The van der Waals surface area contributed by atoms with Gasteiger partial charge in [-0.1, -0.05) is 24.3 Å². The van der Waals surface area contributed by atoms with Gasteiger partial charge in [0, 0.05) is 4.90 Å². The zero-order valence-corrected chi connectivity index (χ0v) is 12.8. The molecule has 4 N–H and O–H groups in total. The molecular weight excluding hydrogens is 302 g/mol. The Morgan fingerprint density at radius 2 is 1.86 bits per heavy atom. The minimum Gasteiger partial charge on any atom is -0.497 e. The van der Waals surface area contributed by atoms with Gasteiger partial charge in [-0.25, -0.2) is 0 Å². The average molecular weight is 319 g/mol. The van der Waals surface area contributed by atoms with Crippen LogP contribution in [0.3, 0.4) is 0 Å². The SMILES string of the molecule is COc1ccc([C@H](O)[C@@H]2Sc3ccccc3NC2=O)cc1.O. The number of hydrogen-bond donors (Lipinski definition) is 2. The van der Waals surface area contributed by atoms with Crippen molar-refractivity contribution in [2.75, 3.05) is 12.4 Å². The summed E-state index contributed by atoms with van der Waals surface area (Å²) in [6, 6.07) is 14.7. The van der Waals surface area contributed by atoms with Crippen LogP contribution in [-0.2, 0) is 4.79 Å². The van der Waals surface area contributed by atoms with Crippen molar-refractivity contribution in [3.05, 3.63) is 54.1 Å². The maximum atomic E-state index is 12.2. The van der Waals surface area contributed by atoms with Gasteiger partial charge in [0.1, 0.15) is 17.1 Å². The van der Waals surface area contributed by atoms with Crippen LogP contribution in [0, 0.1) is 0 Å². The minimum atomic E-state index is -0.866. The fourth-order valence-electron chi connectivity index (χ4n) is 2.25. The first kappa shape index (κ1) is 16.4. The summed E-state index contributed by atoms with van der Waals surface area (Å²) in [6.45, 7) is 0. The molecule has 1 amide bonds. The van der Waals surface area contributed by atoms with Crippen LogP contribution in [0.5, 0.6) is 5.75 Å². The number of carbonyl (C=O) groups is 1. The summed E-state index contributed by atoms with van der Waals surface area (Å²) in [5.74, 6) is 0.541. The van der Waals surface area contributed by atoms with E-state index in [1.807, 2.05) is 24.3 Å². The molecule has 22 heavy (non-hydrogen) atoms. The lowest BCUT2D eigenvalue weighted by Crippen LogP contribution is -2.33. The van der Waals surface area contributed by atoms with E-state index in [0.717, 1.165) is 16.3 Å². The van der Waals surface area contributed by atoms with E-state index in [2.05, 4.69) is 5.32 Å². The molecule has 1 aliphatic heterocycles. The van der Waals surface area contributed by atoms with Crippen molar-refractivity contribution < 1.29 is 20.1 Å². The zero-order chi connectivity index (χ0) is 14.8. The summed E-state index contributed by atoms with van der Waals surface area (Å²) in [6.07, 6.45) is -0.866. The molecule has 2 atom stereocenters. The molecule has 0 bridgehead atoms. The predicted molar refractivity (Wildman–Crippen MR) is 86.3 cm³/mol. The molecule has 0 radical (unpaired) electrons. The second-order valence-corrected chi connectivity index (χ2v) is 5.93. The lowest BCUT2D eigenvalue weighted by atomic mass is 10.1. The number of methoxy groups -OCH3 is 1. The molecule has 2 aromatic carbocycles. The van der Waals surface area contributed by atoms with Gasteiger partial charge in [-0.05, 0) is 29.8 Å². The maximum Gasteiger partial charge on any atom is 0.240 e. The first-order valence-corrected chi connectivity index (χ1v) is 7.45. The number of carbonyl (C=O) groups excluding carboxylic acids is 1. The van der Waals surface area contributed by atoms with Gasteiger partial charge in [0.25, 0.3) is 0 Å². The van der Waals surface area contributed by atoms with E-state index < -0.39 is 11.4 Å². The molecule has 0 unspecified atom stereocenters. The van der Waals surface area contributed by atoms with Crippen LogP contribution in [-0.4, -0.2) is 28.8 Å². The molecule has 116 valence electrons. The number of aliphatic hydroxyl groups excluding tert-OH is 1. The van der Waals surface area contributed by atoms with Gasteiger partial charge in [-0.15, -0.1) is 11.8 Å². The Morgan fingerprint density at radius 1 is 1.18 bits per heavy atom. The van der Waals surface area contributed by atoms with Crippen molar-refractivity contribution in [1.29, 1.82) is 0 Å². The van der Waals surface area contributed by atoms with Gasteiger partial charge in [-0.2, -0.15) is 0 Å². The van der Waals surface area contributed by atoms with E-state index in [-0.39, 0.29) is 11.4 Å². The van der Waals surface area contributed by atoms with Crippen LogP contribution in [0.2, 0.25) is 0 Å². The molecule has 0 aliphatic carbocycles. The molecule has 0 fully saturated rings. The van der Waals surface area contributed by atoms with Crippen molar-refractivity contribution in [1.82, 2.24) is 0 Å². The molecular formula is C16H17NO4S. The van der Waals surface area contributed by atoms with Crippen LogP contribution in [0.4, 0.5) is 5.69 Å². The largest absolute Gasteiger partial charge is 0.497 e. The van der Waals surface area contributed by atoms with Crippen molar-refractivity contribution in [2.24, 2.45) is 0 Å². The summed E-state index contributed by atoms with van der Waals surface area (Å²) in [5, 5.41) is 12.8. The molecule has 2 aromatic rings. The number of fused-ring (bicyclic) bond motifs is 1. The van der Waals surface area contributed by atoms with Crippen LogP contribution in [0.15, 0.2) is 53.4 Å².